The summed E-state index contributed by atoms with van der Waals surface area (Å²) < 4.78 is 5.22. The van der Waals surface area contributed by atoms with E-state index in [4.69, 9.17) is 16.1 Å². The minimum atomic E-state index is 0. The Labute approximate surface area is 152 Å². The molecular weight excluding hydrogens is 415 g/mol. The third-order valence-corrected chi connectivity index (χ3v) is 3.25. The Balaban J connectivity index is 0.00000242. The van der Waals surface area contributed by atoms with Crippen LogP contribution in [0.1, 0.15) is 23.9 Å². The number of benzene rings is 1. The number of halogens is 2. The van der Waals surface area contributed by atoms with Crippen molar-refractivity contribution in [2.75, 3.05) is 7.05 Å². The van der Waals surface area contributed by atoms with Crippen LogP contribution < -0.4 is 10.6 Å². The van der Waals surface area contributed by atoms with Crippen LogP contribution in [0.5, 0.6) is 0 Å². The van der Waals surface area contributed by atoms with Gasteiger partial charge >= 0.3 is 0 Å². The molecule has 0 spiro atoms. The van der Waals surface area contributed by atoms with E-state index < -0.39 is 0 Å². The SMILES string of the molecule is CCc1cc(CNC(=NC)NCc2ccc(Cl)cc2)on1.I. The third kappa shape index (κ3) is 5.84. The normalized spacial score (nSPS) is 11.0. The van der Waals surface area contributed by atoms with Crippen LogP contribution in [0.3, 0.4) is 0 Å². The fourth-order valence-corrected chi connectivity index (χ4v) is 1.91. The van der Waals surface area contributed by atoms with Gasteiger partial charge in [0.1, 0.15) is 0 Å². The molecule has 1 aromatic heterocycles. The maximum atomic E-state index is 5.86. The molecule has 1 aromatic carbocycles. The summed E-state index contributed by atoms with van der Waals surface area (Å²) in [5.74, 6) is 1.50. The van der Waals surface area contributed by atoms with E-state index in [9.17, 15) is 0 Å². The number of aromatic nitrogens is 1. The fraction of sp³-hybridized carbons (Fsp3) is 0.333. The van der Waals surface area contributed by atoms with Gasteiger partial charge in [0.2, 0.25) is 0 Å². The second-order valence-corrected chi connectivity index (χ2v) is 4.98. The van der Waals surface area contributed by atoms with Crippen LogP contribution in [-0.4, -0.2) is 18.2 Å². The summed E-state index contributed by atoms with van der Waals surface area (Å²) >= 11 is 5.86. The zero-order valence-corrected chi connectivity index (χ0v) is 15.7. The summed E-state index contributed by atoms with van der Waals surface area (Å²) in [7, 11) is 1.73. The van der Waals surface area contributed by atoms with Gasteiger partial charge in [0.25, 0.3) is 0 Å². The number of hydrogen-bond acceptors (Lipinski definition) is 3. The van der Waals surface area contributed by atoms with Crippen LogP contribution >= 0.6 is 35.6 Å². The van der Waals surface area contributed by atoms with Crippen molar-refractivity contribution in [3.63, 3.8) is 0 Å². The van der Waals surface area contributed by atoms with Crippen molar-refractivity contribution in [1.82, 2.24) is 15.8 Å². The van der Waals surface area contributed by atoms with Crippen LogP contribution in [0.4, 0.5) is 0 Å². The molecule has 5 nitrogen and oxygen atoms in total. The van der Waals surface area contributed by atoms with Crippen molar-refractivity contribution < 1.29 is 4.52 Å². The predicted octanol–water partition coefficient (Wildman–Crippen LogP) is 3.37. The molecule has 2 aromatic rings. The first-order valence-electron chi connectivity index (χ1n) is 6.84. The van der Waals surface area contributed by atoms with Crippen molar-refractivity contribution in [2.24, 2.45) is 4.99 Å². The van der Waals surface area contributed by atoms with Gasteiger partial charge < -0.3 is 15.2 Å². The number of aliphatic imine (C=N–C) groups is 1. The molecule has 1 heterocycles. The second kappa shape index (κ2) is 9.68. The first-order valence-corrected chi connectivity index (χ1v) is 7.22. The lowest BCUT2D eigenvalue weighted by atomic mass is 10.2. The molecule has 0 radical (unpaired) electrons. The number of aryl methyl sites for hydroxylation is 1. The van der Waals surface area contributed by atoms with Gasteiger partial charge in [-0.05, 0) is 24.1 Å². The molecule has 120 valence electrons. The highest BCUT2D eigenvalue weighted by Gasteiger charge is 2.04. The number of rotatable bonds is 5. The van der Waals surface area contributed by atoms with Crippen LogP contribution in [0.2, 0.25) is 5.02 Å². The predicted molar refractivity (Wildman–Crippen MR) is 99.8 cm³/mol. The van der Waals surface area contributed by atoms with E-state index in [1.165, 1.54) is 0 Å². The van der Waals surface area contributed by atoms with Crippen molar-refractivity contribution in [2.45, 2.75) is 26.4 Å². The molecule has 0 aliphatic heterocycles. The van der Waals surface area contributed by atoms with E-state index in [1.807, 2.05) is 37.3 Å². The Kier molecular flexibility index (Phi) is 8.26. The highest BCUT2D eigenvalue weighted by Crippen LogP contribution is 2.09. The lowest BCUT2D eigenvalue weighted by Gasteiger charge is -2.10. The Hall–Kier alpha value is -1.28. The van der Waals surface area contributed by atoms with Crippen LogP contribution in [-0.2, 0) is 19.5 Å². The number of hydrogen-bond donors (Lipinski definition) is 2. The fourth-order valence-electron chi connectivity index (χ4n) is 1.79. The number of guanidine groups is 1. The largest absolute Gasteiger partial charge is 0.359 e. The topological polar surface area (TPSA) is 62.5 Å². The Bertz CT molecular complexity index is 598. The molecule has 0 amide bonds. The molecule has 2 rings (SSSR count). The lowest BCUT2D eigenvalue weighted by Crippen LogP contribution is -2.36. The Morgan fingerprint density at radius 3 is 2.50 bits per heavy atom. The summed E-state index contributed by atoms with van der Waals surface area (Å²) in [4.78, 5) is 4.17. The van der Waals surface area contributed by atoms with Crippen molar-refractivity contribution in [3.8, 4) is 0 Å². The molecule has 0 fully saturated rings. The molecular formula is C15H20ClIN4O. The molecule has 0 atom stereocenters. The lowest BCUT2D eigenvalue weighted by molar-refractivity contribution is 0.374. The molecule has 7 heteroatoms. The quantitative estimate of drug-likeness (QED) is 0.430. The van der Waals surface area contributed by atoms with Gasteiger partial charge in [0, 0.05) is 24.7 Å². The minimum Gasteiger partial charge on any atom is -0.359 e. The zero-order chi connectivity index (χ0) is 15.1. The van der Waals surface area contributed by atoms with E-state index in [0.29, 0.717) is 19.0 Å². The second-order valence-electron chi connectivity index (χ2n) is 4.54. The smallest absolute Gasteiger partial charge is 0.191 e. The average molecular weight is 435 g/mol. The molecule has 2 N–H and O–H groups in total. The van der Waals surface area contributed by atoms with Crippen LogP contribution in [0.15, 0.2) is 39.8 Å². The summed E-state index contributed by atoms with van der Waals surface area (Å²) in [6.07, 6.45) is 0.868. The maximum absolute atomic E-state index is 5.86. The van der Waals surface area contributed by atoms with Gasteiger partial charge in [-0.15, -0.1) is 24.0 Å². The first-order chi connectivity index (χ1) is 10.2. The number of nitrogens with zero attached hydrogens (tertiary/aromatic N) is 2. The zero-order valence-electron chi connectivity index (χ0n) is 12.6. The average Bonchev–Trinajstić information content (AvgIpc) is 2.97. The summed E-state index contributed by atoms with van der Waals surface area (Å²) in [5.41, 5.74) is 2.09. The van der Waals surface area contributed by atoms with Gasteiger partial charge in [-0.25, -0.2) is 0 Å². The third-order valence-electron chi connectivity index (χ3n) is 3.00. The van der Waals surface area contributed by atoms with Crippen LogP contribution in [0.25, 0.3) is 0 Å². The molecule has 0 aliphatic carbocycles. The molecule has 22 heavy (non-hydrogen) atoms. The van der Waals surface area contributed by atoms with Crippen molar-refractivity contribution in [1.29, 1.82) is 0 Å². The molecule has 0 unspecified atom stereocenters. The van der Waals surface area contributed by atoms with Gasteiger partial charge in [0.05, 0.1) is 12.2 Å². The van der Waals surface area contributed by atoms with Gasteiger partial charge in [-0.3, -0.25) is 4.99 Å². The van der Waals surface area contributed by atoms with Gasteiger partial charge in [0.15, 0.2) is 11.7 Å². The standard InChI is InChI=1S/C15H19ClN4O.HI/c1-3-13-8-14(21-20-13)10-19-15(17-2)18-9-11-4-6-12(16)7-5-11;/h4-8H,3,9-10H2,1-2H3,(H2,17,18,19);1H. The summed E-state index contributed by atoms with van der Waals surface area (Å²) in [5, 5.41) is 11.1. The molecule has 0 saturated heterocycles. The van der Waals surface area contributed by atoms with Gasteiger partial charge in [-0.2, -0.15) is 0 Å². The molecule has 0 bridgehead atoms. The summed E-state index contributed by atoms with van der Waals surface area (Å²) in [6.45, 7) is 3.27. The summed E-state index contributed by atoms with van der Waals surface area (Å²) in [6, 6.07) is 9.64. The van der Waals surface area contributed by atoms with Crippen molar-refractivity contribution in [3.05, 3.63) is 52.4 Å². The Morgan fingerprint density at radius 2 is 1.91 bits per heavy atom. The number of nitrogens with one attached hydrogen (secondary N) is 2. The van der Waals surface area contributed by atoms with Gasteiger partial charge in [-0.1, -0.05) is 35.8 Å². The molecule has 0 aliphatic rings. The van der Waals surface area contributed by atoms with E-state index in [1.54, 1.807) is 7.05 Å². The van der Waals surface area contributed by atoms with E-state index in [-0.39, 0.29) is 24.0 Å². The minimum absolute atomic E-state index is 0. The van der Waals surface area contributed by atoms with E-state index in [0.717, 1.165) is 28.5 Å². The monoisotopic (exact) mass is 434 g/mol. The first kappa shape index (κ1) is 18.8. The highest BCUT2D eigenvalue weighted by molar-refractivity contribution is 14.0. The van der Waals surface area contributed by atoms with Crippen LogP contribution in [0, 0.1) is 0 Å². The Morgan fingerprint density at radius 1 is 1.23 bits per heavy atom. The van der Waals surface area contributed by atoms with E-state index >= 15 is 0 Å². The van der Waals surface area contributed by atoms with E-state index in [2.05, 4.69) is 20.8 Å². The maximum Gasteiger partial charge on any atom is 0.191 e. The van der Waals surface area contributed by atoms with Crippen molar-refractivity contribution >= 4 is 41.5 Å². The highest BCUT2D eigenvalue weighted by atomic mass is 127. The molecule has 0 saturated carbocycles.